The number of ether oxygens (including phenoxy) is 2. The summed E-state index contributed by atoms with van der Waals surface area (Å²) in [5, 5.41) is 11.0. The Bertz CT molecular complexity index is 1330. The molecule has 0 aliphatic carbocycles. The predicted molar refractivity (Wildman–Crippen MR) is 148 cm³/mol. The average Bonchev–Trinajstić information content (AvgIpc) is 3.38. The second-order valence-electron chi connectivity index (χ2n) is 9.38. The smallest absolute Gasteiger partial charge is 0.276 e. The van der Waals surface area contributed by atoms with Crippen molar-refractivity contribution in [3.8, 4) is 0 Å². The molecule has 0 radical (unpaired) electrons. The van der Waals surface area contributed by atoms with Crippen molar-refractivity contribution in [1.82, 2.24) is 25.0 Å². The van der Waals surface area contributed by atoms with Gasteiger partial charge in [-0.05, 0) is 55.1 Å². The lowest BCUT2D eigenvalue weighted by molar-refractivity contribution is 0.0336. The molecule has 0 bridgehead atoms. The lowest BCUT2D eigenvalue weighted by atomic mass is 10.0. The van der Waals surface area contributed by atoms with Crippen LogP contribution in [0.25, 0.3) is 16.5 Å². The number of nitrogens with zero attached hydrogens (tertiary/aromatic N) is 5. The normalized spacial score (nSPS) is 17.6. The second-order valence-corrected chi connectivity index (χ2v) is 9.38. The van der Waals surface area contributed by atoms with Gasteiger partial charge in [0.25, 0.3) is 5.91 Å². The molecule has 10 heteroatoms. The number of hydrogen-bond acceptors (Lipinski definition) is 8. The fourth-order valence-corrected chi connectivity index (χ4v) is 4.63. The summed E-state index contributed by atoms with van der Waals surface area (Å²) in [6, 6.07) is 9.77. The van der Waals surface area contributed by atoms with E-state index in [4.69, 9.17) is 9.47 Å². The average molecular weight is 516 g/mol. The van der Waals surface area contributed by atoms with Crippen LogP contribution in [-0.4, -0.2) is 90.2 Å². The maximum absolute atomic E-state index is 13.1. The first-order valence-electron chi connectivity index (χ1n) is 12.8. The van der Waals surface area contributed by atoms with Crippen LogP contribution in [-0.2, 0) is 16.0 Å². The summed E-state index contributed by atoms with van der Waals surface area (Å²) in [5.41, 5.74) is 5.73. The highest BCUT2D eigenvalue weighted by Crippen LogP contribution is 2.25. The van der Waals surface area contributed by atoms with Crippen LogP contribution in [0.4, 0.5) is 5.69 Å². The third kappa shape index (κ3) is 6.16. The number of amides is 1. The van der Waals surface area contributed by atoms with Gasteiger partial charge in [0.1, 0.15) is 0 Å². The van der Waals surface area contributed by atoms with E-state index < -0.39 is 0 Å². The molecule has 2 N–H and O–H groups in total. The minimum atomic E-state index is -0.289. The van der Waals surface area contributed by atoms with E-state index in [1.165, 1.54) is 0 Å². The summed E-state index contributed by atoms with van der Waals surface area (Å²) in [6.45, 7) is 12.7. The van der Waals surface area contributed by atoms with Crippen molar-refractivity contribution >= 4 is 34.8 Å². The number of benzene rings is 1. The van der Waals surface area contributed by atoms with Crippen LogP contribution in [0.3, 0.4) is 0 Å². The van der Waals surface area contributed by atoms with E-state index in [9.17, 15) is 4.79 Å². The Labute approximate surface area is 222 Å². The van der Waals surface area contributed by atoms with Crippen LogP contribution in [0.15, 0.2) is 59.5 Å². The highest BCUT2D eigenvalue weighted by Gasteiger charge is 2.17. The Kier molecular flexibility index (Phi) is 8.22. The van der Waals surface area contributed by atoms with Crippen LogP contribution in [0.2, 0.25) is 0 Å². The van der Waals surface area contributed by atoms with Crippen LogP contribution in [0, 0.1) is 0 Å². The summed E-state index contributed by atoms with van der Waals surface area (Å²) < 4.78 is 10.9. The monoisotopic (exact) mass is 515 g/mol. The molecule has 0 unspecified atom stereocenters. The molecule has 2 fully saturated rings. The van der Waals surface area contributed by atoms with Crippen molar-refractivity contribution in [3.63, 3.8) is 0 Å². The maximum atomic E-state index is 13.1. The van der Waals surface area contributed by atoms with Gasteiger partial charge in [0.05, 0.1) is 55.2 Å². The topological polar surface area (TPSA) is 108 Å². The Hall–Kier alpha value is -3.86. The lowest BCUT2D eigenvalue weighted by Crippen LogP contribution is -2.35. The van der Waals surface area contributed by atoms with Crippen molar-refractivity contribution in [1.29, 1.82) is 0 Å². The first-order chi connectivity index (χ1) is 18.6. The molecule has 1 aromatic carbocycles. The van der Waals surface area contributed by atoms with Crippen LogP contribution in [0.1, 0.15) is 28.7 Å². The number of morpholine rings is 2. The molecule has 3 aromatic rings. The highest BCUT2D eigenvalue weighted by molar-refractivity contribution is 6.11. The second kappa shape index (κ2) is 12.1. The molecule has 2 aromatic heterocycles. The molecule has 198 valence electrons. The fourth-order valence-electron chi connectivity index (χ4n) is 4.63. The van der Waals surface area contributed by atoms with Crippen molar-refractivity contribution in [3.05, 3.63) is 71.5 Å². The molecule has 38 heavy (non-hydrogen) atoms. The Morgan fingerprint density at radius 1 is 1.13 bits per heavy atom. The molecule has 2 aliphatic heterocycles. The van der Waals surface area contributed by atoms with Gasteiger partial charge in [-0.3, -0.25) is 24.8 Å². The summed E-state index contributed by atoms with van der Waals surface area (Å²) >= 11 is 0. The zero-order valence-electron chi connectivity index (χ0n) is 21.7. The first-order valence-corrected chi connectivity index (χ1v) is 12.8. The van der Waals surface area contributed by atoms with Gasteiger partial charge in [-0.1, -0.05) is 6.07 Å². The number of carbonyl (C=O) groups excluding carboxylic acids is 1. The van der Waals surface area contributed by atoms with Gasteiger partial charge < -0.3 is 19.7 Å². The van der Waals surface area contributed by atoms with Gasteiger partial charge in [0.2, 0.25) is 0 Å². The number of H-pyrrole nitrogens is 1. The number of anilines is 1. The summed E-state index contributed by atoms with van der Waals surface area (Å²) in [6.07, 6.45) is 5.55. The number of allylic oxidation sites excluding steroid dienone is 2. The number of hydrogen-bond donors (Lipinski definition) is 2. The van der Waals surface area contributed by atoms with Crippen LogP contribution >= 0.6 is 0 Å². The number of fused-ring (bicyclic) bond motifs is 1. The molecule has 0 spiro atoms. The van der Waals surface area contributed by atoms with Crippen molar-refractivity contribution < 1.29 is 14.3 Å². The van der Waals surface area contributed by atoms with Crippen molar-refractivity contribution in [2.45, 2.75) is 13.5 Å². The third-order valence-corrected chi connectivity index (χ3v) is 6.77. The van der Waals surface area contributed by atoms with E-state index >= 15 is 0 Å². The highest BCUT2D eigenvalue weighted by atomic mass is 16.5. The van der Waals surface area contributed by atoms with E-state index in [1.54, 1.807) is 12.4 Å². The molecule has 4 heterocycles. The molecule has 10 nitrogen and oxygen atoms in total. The van der Waals surface area contributed by atoms with Crippen molar-refractivity contribution in [2.24, 2.45) is 4.99 Å². The molecule has 0 atom stereocenters. The van der Waals surface area contributed by atoms with Gasteiger partial charge in [0, 0.05) is 44.3 Å². The number of nitrogens with one attached hydrogen (secondary N) is 2. The Balaban J connectivity index is 1.30. The maximum Gasteiger partial charge on any atom is 0.276 e. The van der Waals surface area contributed by atoms with E-state index in [0.717, 1.165) is 79.4 Å². The van der Waals surface area contributed by atoms with E-state index in [-0.39, 0.29) is 5.91 Å². The quantitative estimate of drug-likeness (QED) is 0.350. The van der Waals surface area contributed by atoms with E-state index in [0.29, 0.717) is 24.6 Å². The first kappa shape index (κ1) is 25.8. The minimum Gasteiger partial charge on any atom is -0.379 e. The summed E-state index contributed by atoms with van der Waals surface area (Å²) in [7, 11) is 0. The largest absolute Gasteiger partial charge is 0.379 e. The van der Waals surface area contributed by atoms with Gasteiger partial charge in [0.15, 0.2) is 5.69 Å². The minimum absolute atomic E-state index is 0.289. The van der Waals surface area contributed by atoms with Gasteiger partial charge >= 0.3 is 0 Å². The molecule has 1 amide bonds. The predicted octanol–water partition coefficient (Wildman–Crippen LogP) is 3.32. The van der Waals surface area contributed by atoms with E-state index in [2.05, 4.69) is 48.1 Å². The third-order valence-electron chi connectivity index (χ3n) is 6.77. The van der Waals surface area contributed by atoms with Gasteiger partial charge in [-0.2, -0.15) is 5.10 Å². The summed E-state index contributed by atoms with van der Waals surface area (Å²) in [5.74, 6) is -0.289. The number of rotatable bonds is 8. The molecule has 5 rings (SSSR count). The standard InChI is InChI=1S/C28H33N7O3/c1-20(15-24(18-29-2)35-9-13-38-14-10-35)21-3-6-26-25(16-21)27(33-32-26)28(36)31-22-4-5-23(30-17-22)19-34-7-11-37-12-8-34/h3-6,15-18H,2,7-14,19H2,1H3,(H,31,36)(H,32,33)/b20-15+,24-18+. The van der Waals surface area contributed by atoms with Crippen LogP contribution in [0.5, 0.6) is 0 Å². The lowest BCUT2D eigenvalue weighted by Gasteiger charge is -2.29. The van der Waals surface area contributed by atoms with Crippen LogP contribution < -0.4 is 5.32 Å². The van der Waals surface area contributed by atoms with E-state index in [1.807, 2.05) is 37.3 Å². The summed E-state index contributed by atoms with van der Waals surface area (Å²) in [4.78, 5) is 26.2. The molecule has 0 saturated carbocycles. The number of pyridine rings is 1. The molecular formula is C28H33N7O3. The van der Waals surface area contributed by atoms with Gasteiger partial charge in [-0.25, -0.2) is 0 Å². The zero-order valence-corrected chi connectivity index (χ0v) is 21.7. The zero-order chi connectivity index (χ0) is 26.3. The molecular weight excluding hydrogens is 482 g/mol. The Morgan fingerprint density at radius 2 is 1.89 bits per heavy atom. The number of aromatic nitrogens is 3. The van der Waals surface area contributed by atoms with Gasteiger partial charge in [-0.15, -0.1) is 0 Å². The SMILES string of the molecule is C=N/C=C(\C=C(/C)c1ccc2[nH]nc(C(=O)Nc3ccc(CN4CCOCC4)nc3)c2c1)N1CCOCC1. The molecule has 2 aliphatic rings. The number of aliphatic imine (C=N–C) groups is 1. The fraction of sp³-hybridized carbons (Fsp3) is 0.357. The number of carbonyl (C=O) groups is 1. The number of aromatic amines is 1. The van der Waals surface area contributed by atoms with Crippen molar-refractivity contribution in [2.75, 3.05) is 57.9 Å². The molecule has 2 saturated heterocycles. The Morgan fingerprint density at radius 3 is 2.61 bits per heavy atom.